The zero-order valence-corrected chi connectivity index (χ0v) is 11.9. The topological polar surface area (TPSA) is 50.2 Å². The lowest BCUT2D eigenvalue weighted by molar-refractivity contribution is -0.141. The number of hydrogen-bond donors (Lipinski definition) is 1. The standard InChI is InChI=1S/C15H14BrNO2/c16-13-5-3-4-11(9-13)8-12(15(18)19)10-14-6-1-2-7-17-14/h1-7,9,12H,8,10H2,(H,18,19). The molecule has 0 saturated carbocycles. The van der Waals surface area contributed by atoms with Crippen LogP contribution in [0.2, 0.25) is 0 Å². The summed E-state index contributed by atoms with van der Waals surface area (Å²) in [5.41, 5.74) is 1.82. The molecule has 0 aliphatic rings. The van der Waals surface area contributed by atoms with Crippen LogP contribution in [0.5, 0.6) is 0 Å². The van der Waals surface area contributed by atoms with E-state index in [1.807, 2.05) is 42.5 Å². The van der Waals surface area contributed by atoms with E-state index < -0.39 is 11.9 Å². The quantitative estimate of drug-likeness (QED) is 0.919. The summed E-state index contributed by atoms with van der Waals surface area (Å²) in [5, 5.41) is 9.33. The van der Waals surface area contributed by atoms with Crippen molar-refractivity contribution in [2.45, 2.75) is 12.8 Å². The second-order valence-corrected chi connectivity index (χ2v) is 5.31. The molecule has 1 aromatic heterocycles. The SMILES string of the molecule is O=C(O)C(Cc1cccc(Br)c1)Cc1ccccn1. The van der Waals surface area contributed by atoms with Gasteiger partial charge in [-0.05, 0) is 36.2 Å². The lowest BCUT2D eigenvalue weighted by Crippen LogP contribution is -2.19. The zero-order valence-electron chi connectivity index (χ0n) is 10.3. The van der Waals surface area contributed by atoms with Gasteiger partial charge >= 0.3 is 5.97 Å². The third-order valence-electron chi connectivity index (χ3n) is 2.90. The Labute approximate surface area is 120 Å². The minimum atomic E-state index is -0.786. The molecule has 1 N–H and O–H groups in total. The molecule has 0 amide bonds. The number of rotatable bonds is 5. The first-order chi connectivity index (χ1) is 9.15. The third kappa shape index (κ3) is 4.17. The van der Waals surface area contributed by atoms with Gasteiger partial charge in [0, 0.05) is 22.8 Å². The highest BCUT2D eigenvalue weighted by Crippen LogP contribution is 2.17. The van der Waals surface area contributed by atoms with Gasteiger partial charge in [-0.2, -0.15) is 0 Å². The average molecular weight is 320 g/mol. The Morgan fingerprint density at radius 2 is 2.05 bits per heavy atom. The Balaban J connectivity index is 2.11. The largest absolute Gasteiger partial charge is 0.481 e. The van der Waals surface area contributed by atoms with Crippen molar-refractivity contribution in [1.29, 1.82) is 0 Å². The van der Waals surface area contributed by atoms with Crippen molar-refractivity contribution >= 4 is 21.9 Å². The van der Waals surface area contributed by atoms with Crippen LogP contribution in [0.4, 0.5) is 0 Å². The van der Waals surface area contributed by atoms with Crippen LogP contribution < -0.4 is 0 Å². The van der Waals surface area contributed by atoms with Crippen LogP contribution in [0.25, 0.3) is 0 Å². The summed E-state index contributed by atoms with van der Waals surface area (Å²) in [6.45, 7) is 0. The number of pyridine rings is 1. The van der Waals surface area contributed by atoms with Gasteiger partial charge in [0.15, 0.2) is 0 Å². The molecular weight excluding hydrogens is 306 g/mol. The molecule has 98 valence electrons. The van der Waals surface area contributed by atoms with Crippen molar-refractivity contribution in [2.24, 2.45) is 5.92 Å². The molecule has 0 saturated heterocycles. The first-order valence-electron chi connectivity index (χ1n) is 6.02. The van der Waals surface area contributed by atoms with Gasteiger partial charge in [0.2, 0.25) is 0 Å². The molecule has 1 aromatic carbocycles. The summed E-state index contributed by atoms with van der Waals surface area (Å²) >= 11 is 3.40. The zero-order chi connectivity index (χ0) is 13.7. The summed E-state index contributed by atoms with van der Waals surface area (Å²) in [6, 6.07) is 13.3. The highest BCUT2D eigenvalue weighted by atomic mass is 79.9. The van der Waals surface area contributed by atoms with E-state index >= 15 is 0 Å². The van der Waals surface area contributed by atoms with Crippen LogP contribution in [0.15, 0.2) is 53.1 Å². The van der Waals surface area contributed by atoms with Gasteiger partial charge in [0.1, 0.15) is 0 Å². The lowest BCUT2D eigenvalue weighted by atomic mass is 9.95. The minimum absolute atomic E-state index is 0.447. The summed E-state index contributed by atoms with van der Waals surface area (Å²) < 4.78 is 0.965. The van der Waals surface area contributed by atoms with E-state index in [0.29, 0.717) is 12.8 Å². The second-order valence-electron chi connectivity index (χ2n) is 4.39. The van der Waals surface area contributed by atoms with Crippen molar-refractivity contribution in [2.75, 3.05) is 0 Å². The van der Waals surface area contributed by atoms with Gasteiger partial charge in [-0.3, -0.25) is 9.78 Å². The molecule has 19 heavy (non-hydrogen) atoms. The van der Waals surface area contributed by atoms with Crippen LogP contribution in [-0.4, -0.2) is 16.1 Å². The predicted molar refractivity (Wildman–Crippen MR) is 76.9 cm³/mol. The molecule has 0 aliphatic carbocycles. The van der Waals surface area contributed by atoms with E-state index in [9.17, 15) is 9.90 Å². The summed E-state index contributed by atoms with van der Waals surface area (Å²) in [7, 11) is 0. The number of aromatic nitrogens is 1. The Morgan fingerprint density at radius 1 is 1.21 bits per heavy atom. The molecule has 2 aromatic rings. The number of carboxylic acids is 1. The van der Waals surface area contributed by atoms with Crippen molar-refractivity contribution < 1.29 is 9.90 Å². The lowest BCUT2D eigenvalue weighted by Gasteiger charge is -2.12. The molecule has 4 heteroatoms. The maximum absolute atomic E-state index is 11.4. The molecule has 0 bridgehead atoms. The first kappa shape index (κ1) is 13.7. The van der Waals surface area contributed by atoms with E-state index in [1.54, 1.807) is 6.20 Å². The van der Waals surface area contributed by atoms with Gasteiger partial charge in [0.05, 0.1) is 5.92 Å². The summed E-state index contributed by atoms with van der Waals surface area (Å²) in [4.78, 5) is 15.5. The van der Waals surface area contributed by atoms with Crippen LogP contribution >= 0.6 is 15.9 Å². The Bertz CT molecular complexity index is 557. The average Bonchev–Trinajstić information content (AvgIpc) is 2.39. The van der Waals surface area contributed by atoms with E-state index in [-0.39, 0.29) is 0 Å². The number of halogens is 1. The summed E-state index contributed by atoms with van der Waals surface area (Å²) in [6.07, 6.45) is 2.64. The fraction of sp³-hybridized carbons (Fsp3) is 0.200. The predicted octanol–water partition coefficient (Wildman–Crippen LogP) is 3.33. The molecular formula is C15H14BrNO2. The van der Waals surface area contributed by atoms with E-state index in [1.165, 1.54) is 0 Å². The third-order valence-corrected chi connectivity index (χ3v) is 3.40. The minimum Gasteiger partial charge on any atom is -0.481 e. The molecule has 1 atom stereocenters. The van der Waals surface area contributed by atoms with Gasteiger partial charge in [0.25, 0.3) is 0 Å². The van der Waals surface area contributed by atoms with Gasteiger partial charge in [-0.25, -0.2) is 0 Å². The van der Waals surface area contributed by atoms with Crippen LogP contribution in [0.3, 0.4) is 0 Å². The molecule has 1 unspecified atom stereocenters. The second kappa shape index (κ2) is 6.48. The normalized spacial score (nSPS) is 12.1. The Morgan fingerprint density at radius 3 is 2.68 bits per heavy atom. The maximum atomic E-state index is 11.4. The van der Waals surface area contributed by atoms with E-state index in [2.05, 4.69) is 20.9 Å². The van der Waals surface area contributed by atoms with Crippen LogP contribution in [0, 0.1) is 5.92 Å². The fourth-order valence-corrected chi connectivity index (χ4v) is 2.41. The van der Waals surface area contributed by atoms with Crippen molar-refractivity contribution in [3.63, 3.8) is 0 Å². The maximum Gasteiger partial charge on any atom is 0.307 e. The van der Waals surface area contributed by atoms with E-state index in [0.717, 1.165) is 15.7 Å². The number of aliphatic carboxylic acids is 1. The van der Waals surface area contributed by atoms with E-state index in [4.69, 9.17) is 0 Å². The van der Waals surface area contributed by atoms with Crippen molar-refractivity contribution in [3.8, 4) is 0 Å². The molecule has 1 heterocycles. The summed E-state index contributed by atoms with van der Waals surface area (Å²) in [5.74, 6) is -1.24. The van der Waals surface area contributed by atoms with Crippen LogP contribution in [-0.2, 0) is 17.6 Å². The number of carboxylic acid groups (broad SMARTS) is 1. The molecule has 3 nitrogen and oxygen atoms in total. The fourth-order valence-electron chi connectivity index (χ4n) is 1.97. The number of carbonyl (C=O) groups is 1. The number of benzene rings is 1. The first-order valence-corrected chi connectivity index (χ1v) is 6.81. The monoisotopic (exact) mass is 319 g/mol. The smallest absolute Gasteiger partial charge is 0.307 e. The molecule has 0 aliphatic heterocycles. The van der Waals surface area contributed by atoms with Gasteiger partial charge in [-0.1, -0.05) is 34.1 Å². The Hall–Kier alpha value is -1.68. The molecule has 0 spiro atoms. The van der Waals surface area contributed by atoms with Gasteiger partial charge < -0.3 is 5.11 Å². The molecule has 0 fully saturated rings. The van der Waals surface area contributed by atoms with Crippen molar-refractivity contribution in [3.05, 3.63) is 64.4 Å². The number of hydrogen-bond acceptors (Lipinski definition) is 2. The van der Waals surface area contributed by atoms with Gasteiger partial charge in [-0.15, -0.1) is 0 Å². The number of nitrogens with zero attached hydrogens (tertiary/aromatic N) is 1. The highest BCUT2D eigenvalue weighted by Gasteiger charge is 2.19. The molecule has 0 radical (unpaired) electrons. The van der Waals surface area contributed by atoms with Crippen molar-refractivity contribution in [1.82, 2.24) is 4.98 Å². The van der Waals surface area contributed by atoms with Crippen LogP contribution in [0.1, 0.15) is 11.3 Å². The Kier molecular flexibility index (Phi) is 4.68. The highest BCUT2D eigenvalue weighted by molar-refractivity contribution is 9.10. The molecule has 2 rings (SSSR count).